The summed E-state index contributed by atoms with van der Waals surface area (Å²) in [6.45, 7) is 6.92. The Morgan fingerprint density at radius 2 is 2.00 bits per heavy atom. The quantitative estimate of drug-likeness (QED) is 0.898. The van der Waals surface area contributed by atoms with E-state index in [4.69, 9.17) is 0 Å². The summed E-state index contributed by atoms with van der Waals surface area (Å²) in [4.78, 5) is 5.15. The van der Waals surface area contributed by atoms with Crippen LogP contribution in [-0.4, -0.2) is 43.7 Å². The van der Waals surface area contributed by atoms with E-state index >= 15 is 0 Å². The average Bonchev–Trinajstić information content (AvgIpc) is 3.33. The molecule has 1 saturated heterocycles. The first kappa shape index (κ1) is 14.9. The Labute approximate surface area is 129 Å². The Hall–Kier alpha value is -1.06. The Bertz CT molecular complexity index is 456. The van der Waals surface area contributed by atoms with Gasteiger partial charge in [0.15, 0.2) is 0 Å². The molecular formula is C18H29N3. The van der Waals surface area contributed by atoms with Crippen molar-refractivity contribution in [2.24, 2.45) is 0 Å². The van der Waals surface area contributed by atoms with Crippen LogP contribution in [0, 0.1) is 0 Å². The number of para-hydroxylation sites is 1. The summed E-state index contributed by atoms with van der Waals surface area (Å²) in [7, 11) is 2.26. The molecule has 116 valence electrons. The van der Waals surface area contributed by atoms with Crippen LogP contribution < -0.4 is 10.2 Å². The van der Waals surface area contributed by atoms with Crippen LogP contribution in [0.5, 0.6) is 0 Å². The SMILES string of the molecule is CCC1CN(C)CCCN1c1ccccc1CNC1CC1. The summed E-state index contributed by atoms with van der Waals surface area (Å²) in [5.41, 5.74) is 2.92. The molecule has 0 radical (unpaired) electrons. The van der Waals surface area contributed by atoms with Crippen LogP contribution in [0.4, 0.5) is 5.69 Å². The second-order valence-corrected chi connectivity index (χ2v) is 6.66. The van der Waals surface area contributed by atoms with E-state index in [0.29, 0.717) is 6.04 Å². The van der Waals surface area contributed by atoms with Crippen LogP contribution in [0.1, 0.15) is 38.2 Å². The van der Waals surface area contributed by atoms with Gasteiger partial charge in [0, 0.05) is 37.4 Å². The highest BCUT2D eigenvalue weighted by Gasteiger charge is 2.25. The minimum Gasteiger partial charge on any atom is -0.367 e. The van der Waals surface area contributed by atoms with Gasteiger partial charge in [-0.05, 0) is 50.9 Å². The molecule has 1 N–H and O–H groups in total. The second kappa shape index (κ2) is 6.80. The molecule has 21 heavy (non-hydrogen) atoms. The first-order valence-corrected chi connectivity index (χ1v) is 8.54. The summed E-state index contributed by atoms with van der Waals surface area (Å²) in [6.07, 6.45) is 5.19. The fraction of sp³-hybridized carbons (Fsp3) is 0.667. The molecule has 1 saturated carbocycles. The second-order valence-electron chi connectivity index (χ2n) is 6.66. The number of benzene rings is 1. The summed E-state index contributed by atoms with van der Waals surface area (Å²) in [5, 5.41) is 3.67. The summed E-state index contributed by atoms with van der Waals surface area (Å²) in [6, 6.07) is 10.4. The number of hydrogen-bond donors (Lipinski definition) is 1. The van der Waals surface area contributed by atoms with Crippen molar-refractivity contribution in [2.75, 3.05) is 31.6 Å². The van der Waals surface area contributed by atoms with E-state index in [1.165, 1.54) is 56.6 Å². The number of hydrogen-bond acceptors (Lipinski definition) is 3. The molecule has 0 amide bonds. The van der Waals surface area contributed by atoms with E-state index in [0.717, 1.165) is 12.6 Å². The van der Waals surface area contributed by atoms with E-state index in [-0.39, 0.29) is 0 Å². The predicted octanol–water partition coefficient (Wildman–Crippen LogP) is 2.86. The molecule has 0 bridgehead atoms. The molecule has 1 unspecified atom stereocenters. The number of likely N-dealkylation sites (N-methyl/N-ethyl adjacent to an activating group) is 1. The zero-order valence-electron chi connectivity index (χ0n) is 13.5. The van der Waals surface area contributed by atoms with Crippen molar-refractivity contribution in [1.29, 1.82) is 0 Å². The monoisotopic (exact) mass is 287 g/mol. The highest BCUT2D eigenvalue weighted by molar-refractivity contribution is 5.54. The minimum atomic E-state index is 0.638. The summed E-state index contributed by atoms with van der Waals surface area (Å²) in [5.74, 6) is 0. The molecule has 2 aliphatic rings. The third-order valence-corrected chi connectivity index (χ3v) is 4.83. The molecule has 1 heterocycles. The molecule has 1 atom stereocenters. The lowest BCUT2D eigenvalue weighted by Gasteiger charge is -2.34. The number of anilines is 1. The molecule has 1 aromatic rings. The van der Waals surface area contributed by atoms with Crippen molar-refractivity contribution in [2.45, 2.75) is 51.2 Å². The van der Waals surface area contributed by atoms with E-state index in [2.05, 4.69) is 53.4 Å². The fourth-order valence-corrected chi connectivity index (χ4v) is 3.39. The Morgan fingerprint density at radius 3 is 2.76 bits per heavy atom. The van der Waals surface area contributed by atoms with Crippen LogP contribution in [-0.2, 0) is 6.54 Å². The molecular weight excluding hydrogens is 258 g/mol. The van der Waals surface area contributed by atoms with Gasteiger partial charge in [-0.1, -0.05) is 25.1 Å². The van der Waals surface area contributed by atoms with Gasteiger partial charge in [-0.2, -0.15) is 0 Å². The van der Waals surface area contributed by atoms with Crippen LogP contribution in [0.3, 0.4) is 0 Å². The predicted molar refractivity (Wildman–Crippen MR) is 89.8 cm³/mol. The number of nitrogens with zero attached hydrogens (tertiary/aromatic N) is 2. The van der Waals surface area contributed by atoms with Crippen molar-refractivity contribution >= 4 is 5.69 Å². The third kappa shape index (κ3) is 3.78. The van der Waals surface area contributed by atoms with Crippen molar-refractivity contribution in [1.82, 2.24) is 10.2 Å². The normalized spacial score (nSPS) is 24.1. The summed E-state index contributed by atoms with van der Waals surface area (Å²) < 4.78 is 0. The molecule has 0 aromatic heterocycles. The maximum atomic E-state index is 3.67. The van der Waals surface area contributed by atoms with Crippen molar-refractivity contribution in [3.63, 3.8) is 0 Å². The molecule has 3 nitrogen and oxygen atoms in total. The van der Waals surface area contributed by atoms with Crippen LogP contribution in [0.2, 0.25) is 0 Å². The molecule has 1 aliphatic carbocycles. The van der Waals surface area contributed by atoms with Crippen molar-refractivity contribution < 1.29 is 0 Å². The van der Waals surface area contributed by atoms with Gasteiger partial charge in [-0.25, -0.2) is 0 Å². The van der Waals surface area contributed by atoms with E-state index in [1.807, 2.05) is 0 Å². The first-order valence-electron chi connectivity index (χ1n) is 8.54. The Kier molecular flexibility index (Phi) is 4.81. The lowest BCUT2D eigenvalue weighted by molar-refractivity contribution is 0.328. The van der Waals surface area contributed by atoms with E-state index in [1.54, 1.807) is 0 Å². The van der Waals surface area contributed by atoms with Gasteiger partial charge in [-0.3, -0.25) is 0 Å². The zero-order valence-corrected chi connectivity index (χ0v) is 13.5. The lowest BCUT2D eigenvalue weighted by Crippen LogP contribution is -2.40. The molecule has 1 aliphatic heterocycles. The van der Waals surface area contributed by atoms with Gasteiger partial charge in [0.05, 0.1) is 0 Å². The molecule has 3 rings (SSSR count). The minimum absolute atomic E-state index is 0.638. The summed E-state index contributed by atoms with van der Waals surface area (Å²) >= 11 is 0. The Balaban J connectivity index is 1.79. The molecule has 1 aromatic carbocycles. The van der Waals surface area contributed by atoms with Gasteiger partial charge < -0.3 is 15.1 Å². The van der Waals surface area contributed by atoms with Crippen LogP contribution in [0.25, 0.3) is 0 Å². The lowest BCUT2D eigenvalue weighted by atomic mass is 10.1. The molecule has 3 heteroatoms. The van der Waals surface area contributed by atoms with Crippen molar-refractivity contribution in [3.8, 4) is 0 Å². The van der Waals surface area contributed by atoms with E-state index in [9.17, 15) is 0 Å². The smallest absolute Gasteiger partial charge is 0.0414 e. The van der Waals surface area contributed by atoms with E-state index < -0.39 is 0 Å². The molecule has 0 spiro atoms. The standard InChI is InChI=1S/C18H29N3/c1-3-17-14-20(2)11-6-12-21(17)18-8-5-4-7-15(18)13-19-16-9-10-16/h4-5,7-8,16-17,19H,3,6,9-14H2,1-2H3. The van der Waals surface area contributed by atoms with Gasteiger partial charge >= 0.3 is 0 Å². The highest BCUT2D eigenvalue weighted by atomic mass is 15.2. The van der Waals surface area contributed by atoms with Crippen LogP contribution >= 0.6 is 0 Å². The first-order chi connectivity index (χ1) is 10.3. The van der Waals surface area contributed by atoms with Crippen LogP contribution in [0.15, 0.2) is 24.3 Å². The molecule has 2 fully saturated rings. The highest BCUT2D eigenvalue weighted by Crippen LogP contribution is 2.27. The zero-order chi connectivity index (χ0) is 14.7. The topological polar surface area (TPSA) is 18.5 Å². The van der Waals surface area contributed by atoms with Gasteiger partial charge in [0.25, 0.3) is 0 Å². The average molecular weight is 287 g/mol. The fourth-order valence-electron chi connectivity index (χ4n) is 3.39. The van der Waals surface area contributed by atoms with Crippen molar-refractivity contribution in [3.05, 3.63) is 29.8 Å². The van der Waals surface area contributed by atoms with Gasteiger partial charge in [0.2, 0.25) is 0 Å². The number of rotatable bonds is 5. The third-order valence-electron chi connectivity index (χ3n) is 4.83. The maximum absolute atomic E-state index is 3.67. The number of nitrogens with one attached hydrogen (secondary N) is 1. The Morgan fingerprint density at radius 1 is 1.19 bits per heavy atom. The maximum Gasteiger partial charge on any atom is 0.0414 e. The largest absolute Gasteiger partial charge is 0.367 e. The van der Waals surface area contributed by atoms with Gasteiger partial charge in [-0.15, -0.1) is 0 Å². The van der Waals surface area contributed by atoms with Gasteiger partial charge in [0.1, 0.15) is 0 Å².